The number of hydrogen-bond acceptors (Lipinski definition) is 5. The van der Waals surface area contributed by atoms with E-state index in [4.69, 9.17) is 9.84 Å². The zero-order chi connectivity index (χ0) is 19.8. The lowest BCUT2D eigenvalue weighted by molar-refractivity contribution is -0.137. The number of rotatable bonds is 9. The third-order valence-corrected chi connectivity index (χ3v) is 4.92. The molecule has 2 heterocycles. The molecule has 1 unspecified atom stereocenters. The van der Waals surface area contributed by atoms with Crippen LogP contribution in [0.25, 0.3) is 0 Å². The number of aliphatic carboxylic acids is 1. The van der Waals surface area contributed by atoms with Crippen LogP contribution in [0.1, 0.15) is 19.3 Å². The van der Waals surface area contributed by atoms with Crippen molar-refractivity contribution < 1.29 is 14.6 Å². The van der Waals surface area contributed by atoms with Crippen LogP contribution in [0.15, 0.2) is 61.4 Å². The van der Waals surface area contributed by atoms with E-state index >= 15 is 0 Å². The van der Waals surface area contributed by atoms with Crippen LogP contribution < -0.4 is 14.5 Å². The summed E-state index contributed by atoms with van der Waals surface area (Å²) in [5, 5.41) is 8.68. The smallest absolute Gasteiger partial charge is 0.303 e. The van der Waals surface area contributed by atoms with Gasteiger partial charge in [0.1, 0.15) is 5.75 Å². The minimum Gasteiger partial charge on any atom is -0.494 e. The van der Waals surface area contributed by atoms with Crippen molar-refractivity contribution in [3.05, 3.63) is 61.4 Å². The lowest BCUT2D eigenvalue weighted by atomic mass is 10.1. The molecule has 1 N–H and O–H groups in total. The lowest BCUT2D eigenvalue weighted by Crippen LogP contribution is -2.53. The summed E-state index contributed by atoms with van der Waals surface area (Å²) < 4.78 is 5.64. The number of piperazine rings is 1. The molecule has 0 spiro atoms. The second-order valence-electron chi connectivity index (χ2n) is 6.86. The summed E-state index contributed by atoms with van der Waals surface area (Å²) in [6, 6.07) is 12.5. The van der Waals surface area contributed by atoms with E-state index in [1.165, 1.54) is 11.4 Å². The molecule has 2 aromatic rings. The van der Waals surface area contributed by atoms with Crippen LogP contribution in [0.5, 0.6) is 5.75 Å². The van der Waals surface area contributed by atoms with Crippen LogP contribution in [0.2, 0.25) is 0 Å². The highest BCUT2D eigenvalue weighted by atomic mass is 16.5. The predicted molar refractivity (Wildman–Crippen MR) is 111 cm³/mol. The number of carboxylic acid groups (broad SMARTS) is 1. The Morgan fingerprint density at radius 3 is 2.61 bits per heavy atom. The molecular weight excluding hydrogens is 354 g/mol. The fraction of sp³-hybridized carbons (Fsp3) is 0.364. The Balaban J connectivity index is 1.61. The highest BCUT2D eigenvalue weighted by Crippen LogP contribution is 2.27. The molecule has 6 heteroatoms. The van der Waals surface area contributed by atoms with E-state index in [2.05, 4.69) is 45.6 Å². The van der Waals surface area contributed by atoms with Gasteiger partial charge in [0.05, 0.1) is 6.61 Å². The molecule has 1 aliphatic rings. The quantitative estimate of drug-likeness (QED) is 0.529. The molecule has 1 aromatic carbocycles. The van der Waals surface area contributed by atoms with E-state index in [1.807, 2.05) is 30.6 Å². The van der Waals surface area contributed by atoms with Crippen molar-refractivity contribution in [2.45, 2.75) is 25.3 Å². The van der Waals surface area contributed by atoms with Crippen molar-refractivity contribution in [2.24, 2.45) is 0 Å². The maximum Gasteiger partial charge on any atom is 0.303 e. The molecule has 6 nitrogen and oxygen atoms in total. The van der Waals surface area contributed by atoms with Crippen LogP contribution in [0, 0.1) is 0 Å². The van der Waals surface area contributed by atoms with E-state index in [1.54, 1.807) is 0 Å². The van der Waals surface area contributed by atoms with Crippen molar-refractivity contribution in [3.63, 3.8) is 0 Å². The number of pyridine rings is 1. The highest BCUT2D eigenvalue weighted by molar-refractivity contribution is 5.66. The van der Waals surface area contributed by atoms with E-state index in [0.717, 1.165) is 31.8 Å². The summed E-state index contributed by atoms with van der Waals surface area (Å²) in [7, 11) is 0. The van der Waals surface area contributed by atoms with Crippen LogP contribution in [0.3, 0.4) is 0 Å². The molecule has 1 saturated heterocycles. The van der Waals surface area contributed by atoms with Gasteiger partial charge in [-0.25, -0.2) is 0 Å². The van der Waals surface area contributed by atoms with E-state index in [0.29, 0.717) is 19.1 Å². The number of nitrogens with zero attached hydrogens (tertiary/aromatic N) is 3. The van der Waals surface area contributed by atoms with Crippen molar-refractivity contribution in [1.29, 1.82) is 0 Å². The van der Waals surface area contributed by atoms with E-state index in [-0.39, 0.29) is 6.42 Å². The summed E-state index contributed by atoms with van der Waals surface area (Å²) in [5.74, 6) is -0.0250. The van der Waals surface area contributed by atoms with Crippen molar-refractivity contribution in [2.75, 3.05) is 36.0 Å². The Labute approximate surface area is 166 Å². The van der Waals surface area contributed by atoms with Gasteiger partial charge in [-0.1, -0.05) is 6.08 Å². The molecule has 28 heavy (non-hydrogen) atoms. The van der Waals surface area contributed by atoms with Gasteiger partial charge >= 0.3 is 5.97 Å². The maximum absolute atomic E-state index is 10.6. The maximum atomic E-state index is 10.6. The summed E-state index contributed by atoms with van der Waals surface area (Å²) in [4.78, 5) is 19.5. The first-order chi connectivity index (χ1) is 13.7. The van der Waals surface area contributed by atoms with Gasteiger partial charge in [-0.15, -0.1) is 6.58 Å². The van der Waals surface area contributed by atoms with Gasteiger partial charge in [-0.3, -0.25) is 9.78 Å². The van der Waals surface area contributed by atoms with Gasteiger partial charge < -0.3 is 19.6 Å². The van der Waals surface area contributed by atoms with Crippen molar-refractivity contribution in [1.82, 2.24) is 4.98 Å². The highest BCUT2D eigenvalue weighted by Gasteiger charge is 2.26. The first-order valence-electron chi connectivity index (χ1n) is 9.64. The Kier molecular flexibility index (Phi) is 6.89. The first kappa shape index (κ1) is 19.7. The third kappa shape index (κ3) is 5.25. The van der Waals surface area contributed by atoms with E-state index < -0.39 is 5.97 Å². The number of ether oxygens (including phenoxy) is 1. The fourth-order valence-electron chi connectivity index (χ4n) is 3.53. The van der Waals surface area contributed by atoms with Crippen molar-refractivity contribution >= 4 is 17.3 Å². The molecule has 148 valence electrons. The minimum atomic E-state index is -0.793. The minimum absolute atomic E-state index is 0.128. The van der Waals surface area contributed by atoms with E-state index in [9.17, 15) is 4.79 Å². The predicted octanol–water partition coefficient (Wildman–Crippen LogP) is 3.60. The average Bonchev–Trinajstić information content (AvgIpc) is 2.72. The van der Waals surface area contributed by atoms with Crippen LogP contribution in [-0.4, -0.2) is 48.3 Å². The van der Waals surface area contributed by atoms with Gasteiger partial charge in [-0.2, -0.15) is 0 Å². The number of hydrogen-bond donors (Lipinski definition) is 1. The fourth-order valence-corrected chi connectivity index (χ4v) is 3.53. The molecule has 0 saturated carbocycles. The standard InChI is InChI=1S/C22H27N3O3/c1-2-4-20-17-24(18-10-12-23-13-11-18)14-15-25(20)19-6-8-21(9-7-19)28-16-3-5-22(26)27/h2,6-13,20H,1,3-5,14-17H2,(H,26,27). The van der Waals surface area contributed by atoms with Gasteiger partial charge in [-0.05, 0) is 49.2 Å². The second kappa shape index (κ2) is 9.78. The molecule has 0 bridgehead atoms. The largest absolute Gasteiger partial charge is 0.494 e. The van der Waals surface area contributed by atoms with Crippen LogP contribution >= 0.6 is 0 Å². The lowest BCUT2D eigenvalue weighted by Gasteiger charge is -2.43. The topological polar surface area (TPSA) is 65.9 Å². The monoisotopic (exact) mass is 381 g/mol. The number of carbonyl (C=O) groups is 1. The number of benzene rings is 1. The number of carboxylic acids is 1. The first-order valence-corrected chi connectivity index (χ1v) is 9.64. The van der Waals surface area contributed by atoms with Gasteiger partial charge in [0.15, 0.2) is 0 Å². The number of aromatic nitrogens is 1. The number of anilines is 2. The van der Waals surface area contributed by atoms with Crippen molar-refractivity contribution in [3.8, 4) is 5.75 Å². The zero-order valence-corrected chi connectivity index (χ0v) is 16.0. The summed E-state index contributed by atoms with van der Waals surface area (Å²) in [6.07, 6.45) is 7.19. The molecule has 1 fully saturated rings. The zero-order valence-electron chi connectivity index (χ0n) is 16.0. The Morgan fingerprint density at radius 2 is 1.93 bits per heavy atom. The third-order valence-electron chi connectivity index (χ3n) is 4.92. The Morgan fingerprint density at radius 1 is 1.18 bits per heavy atom. The molecule has 1 aliphatic heterocycles. The molecule has 0 amide bonds. The van der Waals surface area contributed by atoms with Crippen LogP contribution in [-0.2, 0) is 4.79 Å². The molecular formula is C22H27N3O3. The Bertz CT molecular complexity index is 764. The molecule has 3 rings (SSSR count). The average molecular weight is 381 g/mol. The second-order valence-corrected chi connectivity index (χ2v) is 6.86. The molecule has 0 radical (unpaired) electrons. The molecule has 0 aliphatic carbocycles. The van der Waals surface area contributed by atoms with Crippen LogP contribution in [0.4, 0.5) is 11.4 Å². The van der Waals surface area contributed by atoms with Gasteiger partial charge in [0.2, 0.25) is 0 Å². The molecule has 1 atom stereocenters. The summed E-state index contributed by atoms with van der Waals surface area (Å²) in [5.41, 5.74) is 2.37. The normalized spacial score (nSPS) is 16.6. The summed E-state index contributed by atoms with van der Waals surface area (Å²) in [6.45, 7) is 7.16. The SMILES string of the molecule is C=CCC1CN(c2ccncc2)CCN1c1ccc(OCCCC(=O)O)cc1. The Hall–Kier alpha value is -3.02. The van der Waals surface area contributed by atoms with Gasteiger partial charge in [0.25, 0.3) is 0 Å². The summed E-state index contributed by atoms with van der Waals surface area (Å²) >= 11 is 0. The van der Waals surface area contributed by atoms with Gasteiger partial charge in [0, 0.05) is 55.9 Å². The molecule has 1 aromatic heterocycles.